The third-order valence-corrected chi connectivity index (χ3v) is 3.68. The van der Waals surface area contributed by atoms with E-state index in [0.717, 1.165) is 17.7 Å². The Labute approximate surface area is 136 Å². The molecule has 0 radical (unpaired) electrons. The molecule has 2 rings (SSSR count). The van der Waals surface area contributed by atoms with Gasteiger partial charge in [-0.15, -0.1) is 0 Å². The Balaban J connectivity index is 1.87. The first-order valence-corrected chi connectivity index (χ1v) is 7.88. The molecule has 2 atom stereocenters. The van der Waals surface area contributed by atoms with Gasteiger partial charge in [-0.2, -0.15) is 5.10 Å². The average molecular weight is 316 g/mol. The monoisotopic (exact) mass is 316 g/mol. The van der Waals surface area contributed by atoms with E-state index in [1.54, 1.807) is 10.9 Å². The molecule has 1 heterocycles. The summed E-state index contributed by atoms with van der Waals surface area (Å²) in [6, 6.07) is 9.54. The minimum atomic E-state index is -0.195. The lowest BCUT2D eigenvalue weighted by Gasteiger charge is -2.18. The van der Waals surface area contributed by atoms with Crippen LogP contribution in [0.2, 0.25) is 0 Å². The molecule has 2 unspecified atom stereocenters. The normalized spacial score (nSPS) is 13.3. The maximum Gasteiger partial charge on any atom is 0.315 e. The summed E-state index contributed by atoms with van der Waals surface area (Å²) in [6.45, 7) is 4.02. The Morgan fingerprint density at radius 1 is 1.26 bits per heavy atom. The van der Waals surface area contributed by atoms with Crippen molar-refractivity contribution < 1.29 is 9.90 Å². The van der Waals surface area contributed by atoms with E-state index in [-0.39, 0.29) is 24.7 Å². The van der Waals surface area contributed by atoms with Crippen LogP contribution < -0.4 is 10.6 Å². The topological polar surface area (TPSA) is 79.2 Å². The fourth-order valence-corrected chi connectivity index (χ4v) is 2.35. The van der Waals surface area contributed by atoms with E-state index in [1.807, 2.05) is 50.4 Å². The fourth-order valence-electron chi connectivity index (χ4n) is 2.35. The van der Waals surface area contributed by atoms with Crippen molar-refractivity contribution in [1.82, 2.24) is 20.4 Å². The van der Waals surface area contributed by atoms with Gasteiger partial charge in [0.05, 0.1) is 11.7 Å². The summed E-state index contributed by atoms with van der Waals surface area (Å²) < 4.78 is 1.79. The Morgan fingerprint density at radius 3 is 2.61 bits per heavy atom. The predicted molar refractivity (Wildman–Crippen MR) is 89.4 cm³/mol. The van der Waals surface area contributed by atoms with E-state index < -0.39 is 0 Å². The van der Waals surface area contributed by atoms with Gasteiger partial charge in [0.1, 0.15) is 0 Å². The maximum absolute atomic E-state index is 12.0. The largest absolute Gasteiger partial charge is 0.396 e. The van der Waals surface area contributed by atoms with Crippen molar-refractivity contribution in [1.29, 1.82) is 0 Å². The van der Waals surface area contributed by atoms with E-state index in [4.69, 9.17) is 5.11 Å². The number of urea groups is 1. The molecule has 0 bridgehead atoms. The van der Waals surface area contributed by atoms with Gasteiger partial charge in [-0.1, -0.05) is 12.1 Å². The van der Waals surface area contributed by atoms with Crippen LogP contribution in [0.15, 0.2) is 42.7 Å². The van der Waals surface area contributed by atoms with Crippen LogP contribution in [-0.4, -0.2) is 33.6 Å². The molecule has 0 aliphatic heterocycles. The minimum absolute atomic E-state index is 0.0385. The molecule has 0 fully saturated rings. The third-order valence-electron chi connectivity index (χ3n) is 3.68. The molecule has 3 N–H and O–H groups in total. The Kier molecular flexibility index (Phi) is 6.17. The zero-order valence-corrected chi connectivity index (χ0v) is 13.6. The molecule has 0 saturated carbocycles. The zero-order chi connectivity index (χ0) is 16.7. The molecule has 0 spiro atoms. The van der Waals surface area contributed by atoms with Gasteiger partial charge in [-0.05, 0) is 50.5 Å². The van der Waals surface area contributed by atoms with Crippen molar-refractivity contribution in [2.45, 2.75) is 38.8 Å². The van der Waals surface area contributed by atoms with Crippen LogP contribution in [-0.2, 0) is 0 Å². The molecule has 2 amide bonds. The first kappa shape index (κ1) is 17.0. The highest BCUT2D eigenvalue weighted by Gasteiger charge is 2.11. The minimum Gasteiger partial charge on any atom is -0.396 e. The van der Waals surface area contributed by atoms with Crippen LogP contribution in [0.25, 0.3) is 5.69 Å². The number of aromatic nitrogens is 2. The second-order valence-corrected chi connectivity index (χ2v) is 5.65. The number of rotatable bonds is 7. The van der Waals surface area contributed by atoms with Crippen molar-refractivity contribution in [2.24, 2.45) is 0 Å². The average Bonchev–Trinajstić information content (AvgIpc) is 3.07. The second-order valence-electron chi connectivity index (χ2n) is 5.65. The molecule has 0 saturated heterocycles. The highest BCUT2D eigenvalue weighted by Crippen LogP contribution is 2.15. The van der Waals surface area contributed by atoms with Gasteiger partial charge in [0, 0.05) is 25.0 Å². The van der Waals surface area contributed by atoms with E-state index in [1.165, 1.54) is 0 Å². The van der Waals surface area contributed by atoms with Crippen molar-refractivity contribution in [3.63, 3.8) is 0 Å². The summed E-state index contributed by atoms with van der Waals surface area (Å²) >= 11 is 0. The van der Waals surface area contributed by atoms with Crippen molar-refractivity contribution >= 4 is 6.03 Å². The molecule has 1 aromatic carbocycles. The highest BCUT2D eigenvalue weighted by atomic mass is 16.3. The van der Waals surface area contributed by atoms with E-state index >= 15 is 0 Å². The number of nitrogens with zero attached hydrogens (tertiary/aromatic N) is 2. The summed E-state index contributed by atoms with van der Waals surface area (Å²) in [5.74, 6) is 0. The smallest absolute Gasteiger partial charge is 0.315 e. The number of hydrogen-bond acceptors (Lipinski definition) is 3. The summed E-state index contributed by atoms with van der Waals surface area (Å²) in [5.41, 5.74) is 2.01. The van der Waals surface area contributed by atoms with Crippen LogP contribution >= 0.6 is 0 Å². The van der Waals surface area contributed by atoms with Crippen LogP contribution in [0.5, 0.6) is 0 Å². The highest BCUT2D eigenvalue weighted by molar-refractivity contribution is 5.74. The molecule has 124 valence electrons. The number of nitrogens with one attached hydrogen (secondary N) is 2. The lowest BCUT2D eigenvalue weighted by atomic mass is 10.1. The lowest BCUT2D eigenvalue weighted by molar-refractivity contribution is 0.231. The lowest BCUT2D eigenvalue weighted by Crippen LogP contribution is -2.41. The maximum atomic E-state index is 12.0. The zero-order valence-electron chi connectivity index (χ0n) is 13.6. The molecule has 23 heavy (non-hydrogen) atoms. The molecule has 0 aliphatic rings. The van der Waals surface area contributed by atoms with Gasteiger partial charge in [-0.3, -0.25) is 0 Å². The van der Waals surface area contributed by atoms with Crippen molar-refractivity contribution in [2.75, 3.05) is 6.61 Å². The fraction of sp³-hybridized carbons (Fsp3) is 0.412. The molecule has 0 aliphatic carbocycles. The molecular formula is C17H24N4O2. The van der Waals surface area contributed by atoms with Crippen LogP contribution in [0.4, 0.5) is 4.79 Å². The van der Waals surface area contributed by atoms with Gasteiger partial charge in [0.2, 0.25) is 0 Å². The predicted octanol–water partition coefficient (Wildman–Crippen LogP) is 2.39. The molecule has 1 aromatic heterocycles. The Hall–Kier alpha value is -2.34. The summed E-state index contributed by atoms with van der Waals surface area (Å²) in [7, 11) is 0. The summed E-state index contributed by atoms with van der Waals surface area (Å²) in [5, 5.41) is 18.8. The number of benzene rings is 1. The van der Waals surface area contributed by atoms with Gasteiger partial charge >= 0.3 is 6.03 Å². The van der Waals surface area contributed by atoms with Crippen LogP contribution in [0.3, 0.4) is 0 Å². The van der Waals surface area contributed by atoms with Crippen molar-refractivity contribution in [3.8, 4) is 5.69 Å². The third kappa shape index (κ3) is 5.10. The quantitative estimate of drug-likeness (QED) is 0.734. The Bertz CT molecular complexity index is 596. The van der Waals surface area contributed by atoms with E-state index in [2.05, 4.69) is 15.7 Å². The van der Waals surface area contributed by atoms with Gasteiger partial charge in [0.15, 0.2) is 0 Å². The number of carbonyl (C=O) groups excluding carboxylic acids is 1. The molecular weight excluding hydrogens is 292 g/mol. The van der Waals surface area contributed by atoms with E-state index in [0.29, 0.717) is 6.42 Å². The SMILES string of the molecule is CC(CCCO)NC(=O)NC(C)c1ccc(-n2cccn2)cc1. The van der Waals surface area contributed by atoms with Gasteiger partial charge in [0.25, 0.3) is 0 Å². The number of amides is 2. The van der Waals surface area contributed by atoms with Crippen molar-refractivity contribution in [3.05, 3.63) is 48.3 Å². The molecule has 2 aromatic rings. The summed E-state index contributed by atoms with van der Waals surface area (Å²) in [4.78, 5) is 12.0. The Morgan fingerprint density at radius 2 is 2.00 bits per heavy atom. The van der Waals surface area contributed by atoms with Gasteiger partial charge in [-0.25, -0.2) is 9.48 Å². The second kappa shape index (κ2) is 8.33. The van der Waals surface area contributed by atoms with E-state index in [9.17, 15) is 4.79 Å². The summed E-state index contributed by atoms with van der Waals surface area (Å²) in [6.07, 6.45) is 5.07. The number of aliphatic hydroxyl groups excluding tert-OH is 1. The number of aliphatic hydroxyl groups is 1. The van der Waals surface area contributed by atoms with Crippen LogP contribution in [0, 0.1) is 0 Å². The first-order valence-electron chi connectivity index (χ1n) is 7.88. The molecule has 6 heteroatoms. The van der Waals surface area contributed by atoms with Gasteiger partial charge < -0.3 is 15.7 Å². The van der Waals surface area contributed by atoms with Crippen LogP contribution in [0.1, 0.15) is 38.3 Å². The number of carbonyl (C=O) groups is 1. The first-order chi connectivity index (χ1) is 11.1. The standard InChI is InChI=1S/C17H24N4O2/c1-13(5-3-12-22)19-17(23)20-14(2)15-6-8-16(9-7-15)21-11-4-10-18-21/h4,6-11,13-14,22H,3,5,12H2,1-2H3,(H2,19,20,23). The number of hydrogen-bond donors (Lipinski definition) is 3. The molecule has 6 nitrogen and oxygen atoms in total.